The Bertz CT molecular complexity index is 2260. The number of nitrogens with zero attached hydrogens (tertiary/aromatic N) is 1. The van der Waals surface area contributed by atoms with Crippen molar-refractivity contribution < 1.29 is 157 Å². The standard InChI is InChI=1S/C88H166N2O33/c1-4-7-10-11-12-14-17-20-23-29-88(87(96)122-33-9-6-3,30-24-21-18-15-13-16-19-22-25-84(93)121-32-8-5-2)86(95)89-31-35-98-37-39-100-41-43-102-45-47-104-49-51-106-53-55-108-57-59-110-61-63-112-65-67-114-69-71-116-73-75-118-77-79-120-81-80-119-78-76-117-74-72-115-70-68-113-66-64-111-62-60-109-58-56-107-54-52-105-50-48-103-46-44-101-42-40-99-38-36-97-34-28-85(94)123-90-82(91)26-27-83(90)92/h4-81H2,1-3H3,(H,89,95). The third kappa shape index (κ3) is 82.2. The van der Waals surface area contributed by atoms with E-state index in [0.29, 0.717) is 348 Å². The summed E-state index contributed by atoms with van der Waals surface area (Å²) in [6.45, 7) is 28.3. The topological polar surface area (TPSA) is 367 Å². The van der Waals surface area contributed by atoms with Crippen LogP contribution in [0.5, 0.6) is 0 Å². The van der Waals surface area contributed by atoms with Crippen molar-refractivity contribution >= 4 is 35.6 Å². The Morgan fingerprint density at radius 2 is 0.463 bits per heavy atom. The summed E-state index contributed by atoms with van der Waals surface area (Å²) in [4.78, 5) is 79.5. The smallest absolute Gasteiger partial charge is 0.335 e. The number of imide groups is 1. The Balaban J connectivity index is 1.80. The van der Waals surface area contributed by atoms with Gasteiger partial charge in [0.25, 0.3) is 11.8 Å². The summed E-state index contributed by atoms with van der Waals surface area (Å²) in [7, 11) is 0. The number of unbranched alkanes of at least 4 members (excludes halogenated alkanes) is 17. The van der Waals surface area contributed by atoms with Gasteiger partial charge in [-0.3, -0.25) is 24.0 Å². The predicted octanol–water partition coefficient (Wildman–Crippen LogP) is 8.99. The Morgan fingerprint density at radius 3 is 0.724 bits per heavy atom. The van der Waals surface area contributed by atoms with Crippen LogP contribution in [0.25, 0.3) is 0 Å². The van der Waals surface area contributed by atoms with E-state index in [9.17, 15) is 28.8 Å². The van der Waals surface area contributed by atoms with Crippen molar-refractivity contribution in [3.8, 4) is 0 Å². The van der Waals surface area contributed by atoms with Gasteiger partial charge in [-0.2, -0.15) is 0 Å². The molecule has 0 saturated carbocycles. The highest BCUT2D eigenvalue weighted by atomic mass is 16.7. The summed E-state index contributed by atoms with van der Waals surface area (Å²) >= 11 is 0. The Morgan fingerprint density at radius 1 is 0.244 bits per heavy atom. The quantitative estimate of drug-likeness (QED) is 0.0257. The SMILES string of the molecule is CCCCCCCCCCCC(CCCCCCCCCCC(=O)OCCCC)(C(=O)NCCOCCOCCOCCOCCOCCOCCOCCOCCOCCOCCOCCOCCOCCOCCOCCOCCOCCOCCOCCOCCOCCOCCOCCOCCC(=O)ON1C(=O)CCC1=O)C(=O)OCCCC. The zero-order chi connectivity index (χ0) is 88.5. The van der Waals surface area contributed by atoms with Crippen molar-refractivity contribution in [2.75, 3.05) is 337 Å². The van der Waals surface area contributed by atoms with Gasteiger partial charge in [0.1, 0.15) is 5.41 Å². The Labute approximate surface area is 736 Å². The van der Waals surface area contributed by atoms with E-state index in [1.54, 1.807) is 0 Å². The number of carbonyl (C=O) groups excluding carboxylic acids is 6. The van der Waals surface area contributed by atoms with Crippen LogP contribution in [0.2, 0.25) is 0 Å². The Hall–Kier alpha value is -3.94. The van der Waals surface area contributed by atoms with Crippen LogP contribution in [-0.4, -0.2) is 378 Å². The number of rotatable bonds is 105. The summed E-state index contributed by atoms with van der Waals surface area (Å²) in [5, 5.41) is 3.58. The molecule has 0 radical (unpaired) electrons. The largest absolute Gasteiger partial charge is 0.466 e. The second-order valence-electron chi connectivity index (χ2n) is 28.8. The lowest BCUT2D eigenvalue weighted by molar-refractivity contribution is -0.198. The van der Waals surface area contributed by atoms with E-state index in [0.717, 1.165) is 96.3 Å². The fourth-order valence-corrected chi connectivity index (χ4v) is 11.5. The third-order valence-corrected chi connectivity index (χ3v) is 18.5. The molecule has 1 saturated heterocycles. The molecule has 0 aromatic heterocycles. The monoisotopic (exact) mass is 1780 g/mol. The molecule has 0 aromatic carbocycles. The minimum atomic E-state index is -1.22. The summed E-state index contributed by atoms with van der Waals surface area (Å²) in [5.74, 6) is -2.48. The lowest BCUT2D eigenvalue weighted by atomic mass is 9.76. The highest BCUT2D eigenvalue weighted by Crippen LogP contribution is 2.35. The van der Waals surface area contributed by atoms with E-state index in [4.69, 9.17) is 128 Å². The molecule has 1 N–H and O–H groups in total. The van der Waals surface area contributed by atoms with Crippen LogP contribution in [0.1, 0.15) is 194 Å². The molecule has 35 heteroatoms. The molecular weight excluding hydrogens is 1610 g/mol. The molecule has 0 aromatic rings. The van der Waals surface area contributed by atoms with E-state index in [2.05, 4.69) is 26.1 Å². The molecule has 1 heterocycles. The highest BCUT2D eigenvalue weighted by Gasteiger charge is 2.46. The van der Waals surface area contributed by atoms with Gasteiger partial charge in [0.15, 0.2) is 0 Å². The Kier molecular flexibility index (Phi) is 92.4. The molecule has 1 fully saturated rings. The molecule has 35 nitrogen and oxygen atoms in total. The first-order chi connectivity index (χ1) is 60.7. The summed E-state index contributed by atoms with van der Waals surface area (Å²) in [6.07, 6.45) is 23.3. The first-order valence-electron chi connectivity index (χ1n) is 46.2. The van der Waals surface area contributed by atoms with Crippen LogP contribution in [0.15, 0.2) is 0 Å². The highest BCUT2D eigenvalue weighted by molar-refractivity contribution is 6.03. The van der Waals surface area contributed by atoms with Gasteiger partial charge in [-0.1, -0.05) is 136 Å². The number of carbonyl (C=O) groups is 6. The molecule has 0 bridgehead atoms. The fraction of sp³-hybridized carbons (Fsp3) is 0.932. The maximum atomic E-state index is 14.2. The molecule has 1 unspecified atom stereocenters. The number of amides is 3. The van der Waals surface area contributed by atoms with Crippen molar-refractivity contribution in [2.24, 2.45) is 5.41 Å². The molecule has 1 rings (SSSR count). The molecule has 1 aliphatic rings. The van der Waals surface area contributed by atoms with Gasteiger partial charge >= 0.3 is 17.9 Å². The summed E-state index contributed by atoms with van der Waals surface area (Å²) in [5.41, 5.74) is -1.22. The zero-order valence-electron chi connectivity index (χ0n) is 76.1. The van der Waals surface area contributed by atoms with Crippen LogP contribution < -0.4 is 5.32 Å². The van der Waals surface area contributed by atoms with Gasteiger partial charge in [-0.25, -0.2) is 4.79 Å². The van der Waals surface area contributed by atoms with E-state index in [-0.39, 0.29) is 44.4 Å². The van der Waals surface area contributed by atoms with Crippen LogP contribution in [-0.2, 0) is 157 Å². The summed E-state index contributed by atoms with van der Waals surface area (Å²) < 4.78 is 144. The van der Waals surface area contributed by atoms with E-state index < -0.39 is 29.2 Å². The fourth-order valence-electron chi connectivity index (χ4n) is 11.5. The first kappa shape index (κ1) is 117. The molecule has 0 aliphatic carbocycles. The van der Waals surface area contributed by atoms with Crippen molar-refractivity contribution in [1.82, 2.24) is 10.4 Å². The third-order valence-electron chi connectivity index (χ3n) is 18.5. The van der Waals surface area contributed by atoms with E-state index in [1.807, 2.05) is 0 Å². The molecule has 1 atom stereocenters. The number of ether oxygens (including phenoxy) is 26. The van der Waals surface area contributed by atoms with Crippen LogP contribution >= 0.6 is 0 Å². The molecule has 1 aliphatic heterocycles. The van der Waals surface area contributed by atoms with Crippen molar-refractivity contribution in [2.45, 2.75) is 194 Å². The second-order valence-corrected chi connectivity index (χ2v) is 28.8. The van der Waals surface area contributed by atoms with Crippen molar-refractivity contribution in [3.63, 3.8) is 0 Å². The molecule has 3 amide bonds. The number of hydroxylamine groups is 2. The molecule has 123 heavy (non-hydrogen) atoms. The molecule has 0 spiro atoms. The van der Waals surface area contributed by atoms with Crippen molar-refractivity contribution in [3.05, 3.63) is 0 Å². The van der Waals surface area contributed by atoms with Gasteiger partial charge in [-0.15, -0.1) is 5.06 Å². The number of hydrogen-bond donors (Lipinski definition) is 1. The van der Waals surface area contributed by atoms with Gasteiger partial charge in [0.2, 0.25) is 5.91 Å². The van der Waals surface area contributed by atoms with E-state index in [1.165, 1.54) is 38.5 Å². The van der Waals surface area contributed by atoms with Crippen LogP contribution in [0.3, 0.4) is 0 Å². The lowest BCUT2D eigenvalue weighted by Crippen LogP contribution is -2.48. The normalized spacial score (nSPS) is 12.8. The van der Waals surface area contributed by atoms with Crippen LogP contribution in [0, 0.1) is 5.41 Å². The van der Waals surface area contributed by atoms with Gasteiger partial charge in [0, 0.05) is 25.8 Å². The maximum Gasteiger partial charge on any atom is 0.335 e. The average molecular weight is 1780 g/mol. The molecule has 726 valence electrons. The number of esters is 2. The van der Waals surface area contributed by atoms with E-state index >= 15 is 0 Å². The van der Waals surface area contributed by atoms with Gasteiger partial charge in [0.05, 0.1) is 337 Å². The predicted molar refractivity (Wildman–Crippen MR) is 457 cm³/mol. The maximum absolute atomic E-state index is 14.2. The first-order valence-corrected chi connectivity index (χ1v) is 46.2. The minimum Gasteiger partial charge on any atom is -0.466 e. The minimum absolute atomic E-state index is 0.0495. The second kappa shape index (κ2) is 97.1. The van der Waals surface area contributed by atoms with Crippen molar-refractivity contribution in [1.29, 1.82) is 0 Å². The zero-order valence-corrected chi connectivity index (χ0v) is 76.1. The summed E-state index contributed by atoms with van der Waals surface area (Å²) in [6, 6.07) is 0. The molecular formula is C88H166N2O33. The average Bonchev–Trinajstić information content (AvgIpc) is 1.39. The number of nitrogens with one attached hydrogen (secondary N) is 1. The lowest BCUT2D eigenvalue weighted by Gasteiger charge is -2.31. The van der Waals surface area contributed by atoms with Gasteiger partial charge in [-0.05, 0) is 32.1 Å². The van der Waals surface area contributed by atoms with Gasteiger partial charge < -0.3 is 133 Å². The van der Waals surface area contributed by atoms with Crippen LogP contribution in [0.4, 0.5) is 0 Å². The number of hydrogen-bond acceptors (Lipinski definition) is 33.